The number of hydrogen-bond donors (Lipinski definition) is 0. The number of methoxy groups -OCH3 is 1. The highest BCUT2D eigenvalue weighted by molar-refractivity contribution is 9.10. The topological polar surface area (TPSA) is 74.9 Å². The maximum absolute atomic E-state index is 13.7. The molecule has 1 amide bonds. The molecular weight excluding hydrogens is 514 g/mol. The van der Waals surface area contributed by atoms with Crippen molar-refractivity contribution in [1.29, 1.82) is 5.26 Å². The van der Waals surface area contributed by atoms with Gasteiger partial charge in [0.2, 0.25) is 0 Å². The fourth-order valence-electron chi connectivity index (χ4n) is 4.37. The molecule has 34 heavy (non-hydrogen) atoms. The zero-order chi connectivity index (χ0) is 24.1. The van der Waals surface area contributed by atoms with E-state index >= 15 is 0 Å². The smallest absolute Gasteiger partial charge is 0.267 e. The van der Waals surface area contributed by atoms with Gasteiger partial charge in [0, 0.05) is 6.04 Å². The van der Waals surface area contributed by atoms with Gasteiger partial charge >= 0.3 is 0 Å². The molecule has 2 fully saturated rings. The summed E-state index contributed by atoms with van der Waals surface area (Å²) in [5, 5.41) is 9.56. The summed E-state index contributed by atoms with van der Waals surface area (Å²) in [6.07, 6.45) is 6.29. The van der Waals surface area contributed by atoms with Gasteiger partial charge < -0.3 is 9.47 Å². The standard InChI is InChI=1S/C26H26BrN3O3S/c1-17-8-6-7-11-21(17)30-25(31)23(34-26(30)29-19-9-4-3-5-10-19)16-18-14-20(27)24(33-13-12-28)22(15-18)32-2/h3-5,9-10,14-17,21H,6-8,11,13H2,1-2H3/b23-16-,29-26?/t17-,21-/m1/s1. The number of amidine groups is 1. The second-order valence-electron chi connectivity index (χ2n) is 8.33. The van der Waals surface area contributed by atoms with Gasteiger partial charge in [-0.05, 0) is 82.4 Å². The molecule has 1 saturated heterocycles. The molecule has 0 radical (unpaired) electrons. The number of nitrogens with zero attached hydrogens (tertiary/aromatic N) is 3. The molecule has 2 atom stereocenters. The molecule has 1 saturated carbocycles. The predicted molar refractivity (Wildman–Crippen MR) is 139 cm³/mol. The molecule has 2 aliphatic rings. The van der Waals surface area contributed by atoms with E-state index in [1.807, 2.05) is 53.4 Å². The highest BCUT2D eigenvalue weighted by Gasteiger charge is 2.41. The lowest BCUT2D eigenvalue weighted by molar-refractivity contribution is -0.124. The Labute approximate surface area is 212 Å². The van der Waals surface area contributed by atoms with Crippen LogP contribution < -0.4 is 9.47 Å². The molecule has 2 aromatic carbocycles. The lowest BCUT2D eigenvalue weighted by atomic mass is 9.85. The molecule has 0 N–H and O–H groups in total. The highest BCUT2D eigenvalue weighted by atomic mass is 79.9. The summed E-state index contributed by atoms with van der Waals surface area (Å²) < 4.78 is 11.6. The number of rotatable bonds is 6. The van der Waals surface area contributed by atoms with Crippen LogP contribution in [0.1, 0.15) is 38.2 Å². The Bertz CT molecular complexity index is 1160. The van der Waals surface area contributed by atoms with E-state index in [4.69, 9.17) is 19.7 Å². The number of halogens is 1. The first-order valence-corrected chi connectivity index (χ1v) is 12.9. The molecule has 1 heterocycles. The number of carbonyl (C=O) groups excluding carboxylic acids is 1. The summed E-state index contributed by atoms with van der Waals surface area (Å²) in [6, 6.07) is 15.5. The van der Waals surface area contributed by atoms with Crippen molar-refractivity contribution in [2.24, 2.45) is 10.9 Å². The van der Waals surface area contributed by atoms with Crippen LogP contribution in [0.15, 0.2) is 56.8 Å². The molecule has 1 aliphatic carbocycles. The third-order valence-electron chi connectivity index (χ3n) is 6.05. The van der Waals surface area contributed by atoms with Crippen LogP contribution in [0.2, 0.25) is 0 Å². The van der Waals surface area contributed by atoms with Crippen molar-refractivity contribution in [3.63, 3.8) is 0 Å². The van der Waals surface area contributed by atoms with Gasteiger partial charge in [-0.25, -0.2) is 4.99 Å². The number of amides is 1. The summed E-state index contributed by atoms with van der Waals surface area (Å²) in [5.74, 6) is 1.35. The highest BCUT2D eigenvalue weighted by Crippen LogP contribution is 2.42. The third-order valence-corrected chi connectivity index (χ3v) is 7.62. The van der Waals surface area contributed by atoms with Gasteiger partial charge in [0.25, 0.3) is 5.91 Å². The minimum atomic E-state index is -0.0857. The summed E-state index contributed by atoms with van der Waals surface area (Å²) in [5.41, 5.74) is 1.62. The summed E-state index contributed by atoms with van der Waals surface area (Å²) >= 11 is 4.91. The largest absolute Gasteiger partial charge is 0.493 e. The monoisotopic (exact) mass is 539 g/mol. The number of para-hydroxylation sites is 1. The molecule has 8 heteroatoms. The van der Waals surface area contributed by atoms with Crippen LogP contribution in [-0.2, 0) is 4.79 Å². The van der Waals surface area contributed by atoms with Crippen molar-refractivity contribution < 1.29 is 14.3 Å². The zero-order valence-corrected chi connectivity index (χ0v) is 21.6. The first-order valence-electron chi connectivity index (χ1n) is 11.3. The van der Waals surface area contributed by atoms with Crippen molar-refractivity contribution in [2.75, 3.05) is 13.7 Å². The van der Waals surface area contributed by atoms with E-state index in [1.54, 1.807) is 13.2 Å². The van der Waals surface area contributed by atoms with Gasteiger partial charge in [0.05, 0.1) is 22.2 Å². The van der Waals surface area contributed by atoms with Crippen molar-refractivity contribution in [1.82, 2.24) is 4.90 Å². The maximum atomic E-state index is 13.7. The van der Waals surface area contributed by atoms with E-state index in [9.17, 15) is 4.79 Å². The second kappa shape index (κ2) is 11.1. The molecule has 176 valence electrons. The minimum absolute atomic E-state index is 0.0154. The first kappa shape index (κ1) is 24.4. The lowest BCUT2D eigenvalue weighted by Gasteiger charge is -2.35. The van der Waals surface area contributed by atoms with Crippen LogP contribution in [0.4, 0.5) is 5.69 Å². The molecule has 0 aromatic heterocycles. The van der Waals surface area contributed by atoms with E-state index in [1.165, 1.54) is 18.2 Å². The number of nitriles is 1. The van der Waals surface area contributed by atoms with Gasteiger partial charge in [-0.3, -0.25) is 9.69 Å². The fourth-order valence-corrected chi connectivity index (χ4v) is 5.99. The Kier molecular flexibility index (Phi) is 7.96. The Morgan fingerprint density at radius 1 is 1.26 bits per heavy atom. The number of benzene rings is 2. The fraction of sp³-hybridized carbons (Fsp3) is 0.346. The molecule has 0 spiro atoms. The summed E-state index contributed by atoms with van der Waals surface area (Å²) in [7, 11) is 1.55. The predicted octanol–water partition coefficient (Wildman–Crippen LogP) is 6.54. The van der Waals surface area contributed by atoms with E-state index in [0.29, 0.717) is 26.8 Å². The van der Waals surface area contributed by atoms with Crippen molar-refractivity contribution in [3.8, 4) is 17.6 Å². The second-order valence-corrected chi connectivity index (χ2v) is 10.2. The van der Waals surface area contributed by atoms with E-state index in [2.05, 4.69) is 22.9 Å². The van der Waals surface area contributed by atoms with Crippen LogP contribution in [-0.4, -0.2) is 35.7 Å². The van der Waals surface area contributed by atoms with Gasteiger partial charge in [-0.1, -0.05) is 38.0 Å². The van der Waals surface area contributed by atoms with Crippen LogP contribution in [0.3, 0.4) is 0 Å². The van der Waals surface area contributed by atoms with Crippen LogP contribution >= 0.6 is 27.7 Å². The molecule has 0 bridgehead atoms. The summed E-state index contributed by atoms with van der Waals surface area (Å²) in [6.45, 7) is 2.14. The number of carbonyl (C=O) groups is 1. The lowest BCUT2D eigenvalue weighted by Crippen LogP contribution is -2.44. The number of hydrogen-bond acceptors (Lipinski definition) is 6. The SMILES string of the molecule is COc1cc(/C=C2\SC(=Nc3ccccc3)N([C@@H]3CCCC[C@H]3C)C2=O)cc(Br)c1OCC#N. The Hall–Kier alpha value is -2.76. The quantitative estimate of drug-likeness (QED) is 0.389. The molecular formula is C26H26BrN3O3S. The van der Waals surface area contributed by atoms with E-state index in [0.717, 1.165) is 35.7 Å². The third kappa shape index (κ3) is 5.31. The average molecular weight is 540 g/mol. The van der Waals surface area contributed by atoms with Gasteiger partial charge in [0.1, 0.15) is 6.07 Å². The Balaban J connectivity index is 1.71. The molecule has 4 rings (SSSR count). The van der Waals surface area contributed by atoms with E-state index in [-0.39, 0.29) is 18.6 Å². The van der Waals surface area contributed by atoms with Crippen molar-refractivity contribution in [3.05, 3.63) is 57.4 Å². The number of ether oxygens (including phenoxy) is 2. The van der Waals surface area contributed by atoms with Crippen molar-refractivity contribution in [2.45, 2.75) is 38.6 Å². The number of thioether (sulfide) groups is 1. The molecule has 0 unspecified atom stereocenters. The first-order chi connectivity index (χ1) is 16.5. The van der Waals surface area contributed by atoms with Gasteiger partial charge in [-0.15, -0.1) is 0 Å². The van der Waals surface area contributed by atoms with Gasteiger partial charge in [0.15, 0.2) is 23.3 Å². The molecule has 2 aromatic rings. The van der Waals surface area contributed by atoms with Crippen LogP contribution in [0.25, 0.3) is 6.08 Å². The number of aliphatic imine (C=N–C) groups is 1. The van der Waals surface area contributed by atoms with Gasteiger partial charge in [-0.2, -0.15) is 5.26 Å². The van der Waals surface area contributed by atoms with Crippen LogP contribution in [0, 0.1) is 17.2 Å². The molecule has 6 nitrogen and oxygen atoms in total. The van der Waals surface area contributed by atoms with E-state index < -0.39 is 0 Å². The minimum Gasteiger partial charge on any atom is -0.493 e. The summed E-state index contributed by atoms with van der Waals surface area (Å²) in [4.78, 5) is 21.0. The molecule has 1 aliphatic heterocycles. The maximum Gasteiger partial charge on any atom is 0.267 e. The Morgan fingerprint density at radius 2 is 2.03 bits per heavy atom. The van der Waals surface area contributed by atoms with Crippen LogP contribution in [0.5, 0.6) is 11.5 Å². The van der Waals surface area contributed by atoms with Crippen molar-refractivity contribution >= 4 is 50.5 Å². The average Bonchev–Trinajstić information content (AvgIpc) is 3.13. The zero-order valence-electron chi connectivity index (χ0n) is 19.2. The normalized spacial score (nSPS) is 22.8. The Morgan fingerprint density at radius 3 is 2.74 bits per heavy atom.